The molecule has 1 amide bonds. The number of hydrogen-bond donors (Lipinski definition) is 2. The van der Waals surface area contributed by atoms with E-state index in [9.17, 15) is 4.79 Å². The van der Waals surface area contributed by atoms with E-state index in [2.05, 4.69) is 30.8 Å². The topological polar surface area (TPSA) is 140 Å². The van der Waals surface area contributed by atoms with Crippen LogP contribution in [0.25, 0.3) is 0 Å². The highest BCUT2D eigenvalue weighted by Crippen LogP contribution is 2.10. The molecule has 0 atom stereocenters. The second kappa shape index (κ2) is 7.24. The van der Waals surface area contributed by atoms with E-state index in [1.165, 1.54) is 24.7 Å². The minimum Gasteiger partial charge on any atom is -0.319 e. The normalized spacial score (nSPS) is 9.17. The lowest BCUT2D eigenvalue weighted by Gasteiger charge is -2.05. The maximum Gasteiger partial charge on any atom is 0.275 e. The number of anilines is 2. The number of nitrogens with zero attached hydrogens (tertiary/aromatic N) is 6. The largest absolute Gasteiger partial charge is 0.319 e. The van der Waals surface area contributed by atoms with Crippen molar-refractivity contribution < 1.29 is 4.79 Å². The molecular formula is C14H10N8O. The predicted octanol–water partition coefficient (Wildman–Crippen LogP) is 1.25. The van der Waals surface area contributed by atoms with E-state index < -0.39 is 5.91 Å². The third-order valence-electron chi connectivity index (χ3n) is 2.53. The van der Waals surface area contributed by atoms with Gasteiger partial charge in [0.15, 0.2) is 0 Å². The molecule has 0 saturated heterocycles. The first-order valence-electron chi connectivity index (χ1n) is 6.32. The Bertz CT molecular complexity index is 796. The Morgan fingerprint density at radius 1 is 1.13 bits per heavy atom. The Hall–Kier alpha value is -3.85. The molecule has 23 heavy (non-hydrogen) atoms. The van der Waals surface area contributed by atoms with Gasteiger partial charge in [-0.3, -0.25) is 15.2 Å². The van der Waals surface area contributed by atoms with Crippen LogP contribution in [0.5, 0.6) is 0 Å². The van der Waals surface area contributed by atoms with Crippen LogP contribution < -0.4 is 10.7 Å². The van der Waals surface area contributed by atoms with E-state index in [1.807, 2.05) is 0 Å². The first kappa shape index (κ1) is 15.5. The van der Waals surface area contributed by atoms with Gasteiger partial charge < -0.3 is 5.32 Å². The van der Waals surface area contributed by atoms with E-state index in [-0.39, 0.29) is 11.4 Å². The number of carbonyl (C=O) groups is 1. The summed E-state index contributed by atoms with van der Waals surface area (Å²) >= 11 is 0. The Morgan fingerprint density at radius 2 is 1.91 bits per heavy atom. The minimum atomic E-state index is -0.408. The highest BCUT2D eigenvalue weighted by molar-refractivity contribution is 6.10. The summed E-state index contributed by atoms with van der Waals surface area (Å²) in [6.07, 6.45) is 4.28. The number of hydrazone groups is 1. The van der Waals surface area contributed by atoms with Crippen LogP contribution in [0.1, 0.15) is 16.2 Å². The minimum absolute atomic E-state index is 0.190. The van der Waals surface area contributed by atoms with Crippen LogP contribution in [-0.4, -0.2) is 26.6 Å². The highest BCUT2D eigenvalue weighted by atomic mass is 16.1. The van der Waals surface area contributed by atoms with E-state index in [0.717, 1.165) is 0 Å². The fourth-order valence-electron chi connectivity index (χ4n) is 1.43. The number of rotatable bonds is 4. The summed E-state index contributed by atoms with van der Waals surface area (Å²) in [7, 11) is 0. The summed E-state index contributed by atoms with van der Waals surface area (Å²) in [4.78, 5) is 23.9. The molecule has 2 aromatic rings. The van der Waals surface area contributed by atoms with Crippen molar-refractivity contribution in [2.75, 3.05) is 10.7 Å². The average Bonchev–Trinajstić information content (AvgIpc) is 2.58. The molecule has 0 bridgehead atoms. The number of nitrogens with one attached hydrogen (secondary N) is 2. The van der Waals surface area contributed by atoms with Gasteiger partial charge in [0.1, 0.15) is 23.7 Å². The zero-order valence-electron chi connectivity index (χ0n) is 12.0. The Balaban J connectivity index is 2.01. The quantitative estimate of drug-likeness (QED) is 0.639. The van der Waals surface area contributed by atoms with E-state index in [1.54, 1.807) is 25.1 Å². The van der Waals surface area contributed by atoms with Gasteiger partial charge in [-0.25, -0.2) is 9.97 Å². The molecule has 112 valence electrons. The van der Waals surface area contributed by atoms with Crippen molar-refractivity contribution >= 4 is 23.1 Å². The van der Waals surface area contributed by atoms with Crippen molar-refractivity contribution in [1.82, 2.24) is 15.0 Å². The molecule has 2 aromatic heterocycles. The van der Waals surface area contributed by atoms with Crippen molar-refractivity contribution in [3.63, 3.8) is 0 Å². The van der Waals surface area contributed by atoms with Gasteiger partial charge in [0.25, 0.3) is 5.91 Å². The lowest BCUT2D eigenvalue weighted by Crippen LogP contribution is -2.14. The number of hydrogen-bond acceptors (Lipinski definition) is 8. The van der Waals surface area contributed by atoms with Crippen LogP contribution in [0.3, 0.4) is 0 Å². The van der Waals surface area contributed by atoms with Crippen molar-refractivity contribution in [3.05, 3.63) is 42.1 Å². The molecule has 0 aromatic carbocycles. The van der Waals surface area contributed by atoms with Crippen molar-refractivity contribution in [2.45, 2.75) is 6.92 Å². The summed E-state index contributed by atoms with van der Waals surface area (Å²) in [6.45, 7) is 1.77. The van der Waals surface area contributed by atoms with Gasteiger partial charge >= 0.3 is 0 Å². The smallest absolute Gasteiger partial charge is 0.275 e. The summed E-state index contributed by atoms with van der Waals surface area (Å²) in [5, 5.41) is 23.3. The van der Waals surface area contributed by atoms with Gasteiger partial charge in [-0.15, -0.1) is 0 Å². The number of amides is 1. The van der Waals surface area contributed by atoms with Crippen LogP contribution in [-0.2, 0) is 0 Å². The summed E-state index contributed by atoms with van der Waals surface area (Å²) < 4.78 is 0. The summed E-state index contributed by atoms with van der Waals surface area (Å²) in [6, 6.07) is 6.34. The molecule has 2 N–H and O–H groups in total. The van der Waals surface area contributed by atoms with Crippen LogP contribution >= 0.6 is 0 Å². The molecular weight excluding hydrogens is 296 g/mol. The third kappa shape index (κ3) is 4.31. The van der Waals surface area contributed by atoms with Crippen molar-refractivity contribution in [1.29, 1.82) is 10.5 Å². The fourth-order valence-corrected chi connectivity index (χ4v) is 1.43. The van der Waals surface area contributed by atoms with Crippen LogP contribution in [0.15, 0.2) is 35.8 Å². The molecule has 0 aliphatic heterocycles. The van der Waals surface area contributed by atoms with Gasteiger partial charge in [0, 0.05) is 6.20 Å². The SMILES string of the molecule is Cc1cnc(C(=O)Nc2ccc(NN=C(C#N)C#N)nc2)cn1. The monoisotopic (exact) mass is 306 g/mol. The van der Waals surface area contributed by atoms with Crippen LogP contribution in [0, 0.1) is 29.6 Å². The van der Waals surface area contributed by atoms with Gasteiger partial charge in [-0.2, -0.15) is 15.6 Å². The number of nitriles is 2. The van der Waals surface area contributed by atoms with Crippen LogP contribution in [0.2, 0.25) is 0 Å². The fraction of sp³-hybridized carbons (Fsp3) is 0.0714. The zero-order chi connectivity index (χ0) is 16.7. The first-order valence-corrected chi connectivity index (χ1v) is 6.32. The second-order valence-electron chi connectivity index (χ2n) is 4.23. The third-order valence-corrected chi connectivity index (χ3v) is 2.53. The molecule has 0 aliphatic carbocycles. The molecule has 0 unspecified atom stereocenters. The molecule has 9 nitrogen and oxygen atoms in total. The lowest BCUT2D eigenvalue weighted by atomic mass is 10.3. The van der Waals surface area contributed by atoms with E-state index >= 15 is 0 Å². The molecule has 0 aliphatic rings. The Labute approximate surface area is 131 Å². The van der Waals surface area contributed by atoms with Crippen LogP contribution in [0.4, 0.5) is 11.5 Å². The maximum absolute atomic E-state index is 12.0. The van der Waals surface area contributed by atoms with Gasteiger partial charge in [-0.05, 0) is 19.1 Å². The zero-order valence-corrected chi connectivity index (χ0v) is 12.0. The van der Waals surface area contributed by atoms with Gasteiger partial charge in [-0.1, -0.05) is 0 Å². The standard InChI is InChI=1S/C14H10N8O/c1-9-6-18-12(8-17-9)14(23)20-10-2-3-13(19-7-10)22-21-11(4-15)5-16/h2-3,6-8H,1H3,(H,19,22)(H,20,23). The summed E-state index contributed by atoms with van der Waals surface area (Å²) in [5.74, 6) is -0.0876. The number of pyridine rings is 1. The predicted molar refractivity (Wildman–Crippen MR) is 81.2 cm³/mol. The van der Waals surface area contributed by atoms with E-state index in [4.69, 9.17) is 10.5 Å². The molecule has 0 saturated carbocycles. The number of aromatic nitrogens is 3. The molecule has 0 spiro atoms. The lowest BCUT2D eigenvalue weighted by molar-refractivity contribution is 0.102. The molecule has 2 heterocycles. The molecule has 2 rings (SSSR count). The Kier molecular flexibility index (Phi) is 4.89. The van der Waals surface area contributed by atoms with Crippen molar-refractivity contribution in [2.24, 2.45) is 5.10 Å². The maximum atomic E-state index is 12.0. The number of aryl methyl sites for hydroxylation is 1. The molecule has 0 fully saturated rings. The number of carbonyl (C=O) groups excluding carboxylic acids is 1. The van der Waals surface area contributed by atoms with E-state index in [0.29, 0.717) is 17.2 Å². The van der Waals surface area contributed by atoms with Gasteiger partial charge in [0.2, 0.25) is 5.71 Å². The second-order valence-corrected chi connectivity index (χ2v) is 4.23. The average molecular weight is 306 g/mol. The highest BCUT2D eigenvalue weighted by Gasteiger charge is 2.08. The molecule has 9 heteroatoms. The Morgan fingerprint density at radius 3 is 2.48 bits per heavy atom. The van der Waals surface area contributed by atoms with Gasteiger partial charge in [0.05, 0.1) is 23.8 Å². The first-order chi connectivity index (χ1) is 11.1. The summed E-state index contributed by atoms with van der Waals surface area (Å²) in [5.41, 5.74) is 3.50. The van der Waals surface area contributed by atoms with Crippen molar-refractivity contribution in [3.8, 4) is 12.1 Å². The molecule has 0 radical (unpaired) electrons.